The van der Waals surface area contributed by atoms with Gasteiger partial charge in [0.05, 0.1) is 0 Å². The Hall–Kier alpha value is -1.78. The fraction of sp³-hybridized carbons (Fsp3) is 0.294. The standard InChI is InChI=1S/C17H20F2N2/c1-12-2-4-13(5-3-12)6-9-16(21-20)10-14-7-8-15(18)11-17(14)19/h2-5,7-8,11,16,21H,6,9-10,20H2,1H3. The minimum absolute atomic E-state index is 0.0498. The average Bonchev–Trinajstić information content (AvgIpc) is 2.47. The summed E-state index contributed by atoms with van der Waals surface area (Å²) in [7, 11) is 0. The largest absolute Gasteiger partial charge is 0.271 e. The van der Waals surface area contributed by atoms with E-state index >= 15 is 0 Å². The minimum atomic E-state index is -0.562. The SMILES string of the molecule is Cc1ccc(CCC(Cc2ccc(F)cc2F)NN)cc1. The molecule has 2 nitrogen and oxygen atoms in total. The molecule has 21 heavy (non-hydrogen) atoms. The summed E-state index contributed by atoms with van der Waals surface area (Å²) in [5, 5.41) is 0. The average molecular weight is 290 g/mol. The smallest absolute Gasteiger partial charge is 0.129 e. The molecule has 0 amide bonds. The minimum Gasteiger partial charge on any atom is -0.271 e. The van der Waals surface area contributed by atoms with Gasteiger partial charge in [-0.1, -0.05) is 35.9 Å². The summed E-state index contributed by atoms with van der Waals surface area (Å²) < 4.78 is 26.5. The van der Waals surface area contributed by atoms with Crippen molar-refractivity contribution in [3.05, 3.63) is 70.8 Å². The van der Waals surface area contributed by atoms with E-state index in [1.807, 2.05) is 6.92 Å². The monoisotopic (exact) mass is 290 g/mol. The summed E-state index contributed by atoms with van der Waals surface area (Å²) in [5.41, 5.74) is 5.63. The van der Waals surface area contributed by atoms with E-state index in [4.69, 9.17) is 5.84 Å². The number of halogens is 2. The first-order valence-electron chi connectivity index (χ1n) is 7.04. The molecule has 2 aromatic rings. The third-order valence-corrected chi connectivity index (χ3v) is 3.62. The van der Waals surface area contributed by atoms with Gasteiger partial charge in [-0.15, -0.1) is 0 Å². The van der Waals surface area contributed by atoms with Crippen LogP contribution in [0.25, 0.3) is 0 Å². The quantitative estimate of drug-likeness (QED) is 0.633. The fourth-order valence-electron chi connectivity index (χ4n) is 2.29. The zero-order valence-corrected chi connectivity index (χ0v) is 12.1. The Labute approximate surface area is 124 Å². The van der Waals surface area contributed by atoms with Gasteiger partial charge < -0.3 is 0 Å². The highest BCUT2D eigenvalue weighted by Gasteiger charge is 2.12. The number of hydrazine groups is 1. The lowest BCUT2D eigenvalue weighted by Crippen LogP contribution is -2.37. The summed E-state index contributed by atoms with van der Waals surface area (Å²) in [5.74, 6) is 4.46. The Kier molecular flexibility index (Phi) is 5.42. The topological polar surface area (TPSA) is 38.0 Å². The third-order valence-electron chi connectivity index (χ3n) is 3.62. The number of nitrogens with two attached hydrogens (primary N) is 1. The van der Waals surface area contributed by atoms with E-state index in [2.05, 4.69) is 29.7 Å². The summed E-state index contributed by atoms with van der Waals surface area (Å²) in [4.78, 5) is 0. The lowest BCUT2D eigenvalue weighted by Gasteiger charge is -2.16. The first kappa shape index (κ1) is 15.6. The Bertz CT molecular complexity index is 582. The molecule has 3 N–H and O–H groups in total. The van der Waals surface area contributed by atoms with Crippen LogP contribution in [0.15, 0.2) is 42.5 Å². The number of hydrogen-bond donors (Lipinski definition) is 2. The van der Waals surface area contributed by atoms with Crippen molar-refractivity contribution in [1.82, 2.24) is 5.43 Å². The van der Waals surface area contributed by atoms with Crippen LogP contribution in [0, 0.1) is 18.6 Å². The molecule has 0 aliphatic carbocycles. The molecule has 0 saturated heterocycles. The van der Waals surface area contributed by atoms with Gasteiger partial charge in [0.2, 0.25) is 0 Å². The molecule has 1 unspecified atom stereocenters. The van der Waals surface area contributed by atoms with Crippen molar-refractivity contribution < 1.29 is 8.78 Å². The summed E-state index contributed by atoms with van der Waals surface area (Å²) in [6, 6.07) is 11.9. The zero-order chi connectivity index (χ0) is 15.2. The molecule has 0 aliphatic heterocycles. The van der Waals surface area contributed by atoms with Gasteiger partial charge in [-0.25, -0.2) is 8.78 Å². The predicted octanol–water partition coefficient (Wildman–Crippen LogP) is 3.28. The maximum absolute atomic E-state index is 13.6. The molecule has 0 bridgehead atoms. The molecule has 0 spiro atoms. The zero-order valence-electron chi connectivity index (χ0n) is 12.1. The summed E-state index contributed by atoms with van der Waals surface area (Å²) in [6.45, 7) is 2.05. The van der Waals surface area contributed by atoms with Crippen molar-refractivity contribution in [3.63, 3.8) is 0 Å². The van der Waals surface area contributed by atoms with Gasteiger partial charge in [0.15, 0.2) is 0 Å². The first-order chi connectivity index (χ1) is 10.1. The third kappa shape index (κ3) is 4.62. The van der Waals surface area contributed by atoms with Gasteiger partial charge in [-0.3, -0.25) is 11.3 Å². The first-order valence-corrected chi connectivity index (χ1v) is 7.04. The van der Waals surface area contributed by atoms with Crippen molar-refractivity contribution in [2.75, 3.05) is 0 Å². The number of aryl methyl sites for hydroxylation is 2. The van der Waals surface area contributed by atoms with Crippen LogP contribution in [0.5, 0.6) is 0 Å². The molecule has 4 heteroatoms. The molecule has 0 aliphatic rings. The van der Waals surface area contributed by atoms with Crippen LogP contribution in [0.3, 0.4) is 0 Å². The Balaban J connectivity index is 1.95. The molecule has 0 aromatic heterocycles. The van der Waals surface area contributed by atoms with Crippen LogP contribution in [-0.4, -0.2) is 6.04 Å². The van der Waals surface area contributed by atoms with E-state index in [0.717, 1.165) is 18.9 Å². The maximum atomic E-state index is 13.6. The molecule has 0 radical (unpaired) electrons. The molecule has 1 atom stereocenters. The molecule has 0 heterocycles. The molecule has 2 aromatic carbocycles. The highest BCUT2D eigenvalue weighted by atomic mass is 19.1. The fourth-order valence-corrected chi connectivity index (χ4v) is 2.29. The molecule has 112 valence electrons. The van der Waals surface area contributed by atoms with Crippen molar-refractivity contribution in [1.29, 1.82) is 0 Å². The van der Waals surface area contributed by atoms with E-state index in [0.29, 0.717) is 12.0 Å². The van der Waals surface area contributed by atoms with Crippen LogP contribution in [0.1, 0.15) is 23.1 Å². The Morgan fingerprint density at radius 1 is 1.10 bits per heavy atom. The highest BCUT2D eigenvalue weighted by Crippen LogP contribution is 2.14. The number of hydrogen-bond acceptors (Lipinski definition) is 2. The lowest BCUT2D eigenvalue weighted by molar-refractivity contribution is 0.478. The number of nitrogens with one attached hydrogen (secondary N) is 1. The Morgan fingerprint density at radius 3 is 2.43 bits per heavy atom. The van der Waals surface area contributed by atoms with Crippen LogP contribution in [0.2, 0.25) is 0 Å². The highest BCUT2D eigenvalue weighted by molar-refractivity contribution is 5.22. The van der Waals surface area contributed by atoms with Crippen LogP contribution in [-0.2, 0) is 12.8 Å². The van der Waals surface area contributed by atoms with Gasteiger partial charge in [0.25, 0.3) is 0 Å². The number of benzene rings is 2. The number of rotatable bonds is 6. The normalized spacial score (nSPS) is 12.4. The summed E-state index contributed by atoms with van der Waals surface area (Å²) >= 11 is 0. The van der Waals surface area contributed by atoms with Gasteiger partial charge in [-0.05, 0) is 43.4 Å². The second-order valence-electron chi connectivity index (χ2n) is 5.33. The van der Waals surface area contributed by atoms with Crippen molar-refractivity contribution >= 4 is 0 Å². The van der Waals surface area contributed by atoms with Gasteiger partial charge in [0.1, 0.15) is 11.6 Å². The molecule has 0 fully saturated rings. The van der Waals surface area contributed by atoms with E-state index < -0.39 is 11.6 Å². The molecular weight excluding hydrogens is 270 g/mol. The van der Waals surface area contributed by atoms with E-state index in [1.54, 1.807) is 0 Å². The second kappa shape index (κ2) is 7.29. The van der Waals surface area contributed by atoms with Crippen LogP contribution in [0.4, 0.5) is 8.78 Å². The van der Waals surface area contributed by atoms with Crippen LogP contribution < -0.4 is 11.3 Å². The maximum Gasteiger partial charge on any atom is 0.129 e. The van der Waals surface area contributed by atoms with E-state index in [9.17, 15) is 8.78 Å². The van der Waals surface area contributed by atoms with Crippen LogP contribution >= 0.6 is 0 Å². The molecular formula is C17H20F2N2. The van der Waals surface area contributed by atoms with E-state index in [1.165, 1.54) is 23.3 Å². The lowest BCUT2D eigenvalue weighted by atomic mass is 9.99. The molecule has 2 rings (SSSR count). The predicted molar refractivity (Wildman–Crippen MR) is 80.7 cm³/mol. The second-order valence-corrected chi connectivity index (χ2v) is 5.33. The van der Waals surface area contributed by atoms with Gasteiger partial charge in [-0.2, -0.15) is 0 Å². The van der Waals surface area contributed by atoms with Gasteiger partial charge in [0, 0.05) is 12.1 Å². The Morgan fingerprint density at radius 2 is 1.81 bits per heavy atom. The van der Waals surface area contributed by atoms with Crippen molar-refractivity contribution in [2.24, 2.45) is 5.84 Å². The van der Waals surface area contributed by atoms with Gasteiger partial charge >= 0.3 is 0 Å². The molecule has 0 saturated carbocycles. The van der Waals surface area contributed by atoms with Crippen molar-refractivity contribution in [2.45, 2.75) is 32.2 Å². The summed E-state index contributed by atoms with van der Waals surface area (Å²) in [6.07, 6.45) is 2.09. The van der Waals surface area contributed by atoms with E-state index in [-0.39, 0.29) is 6.04 Å². The van der Waals surface area contributed by atoms with Crippen molar-refractivity contribution in [3.8, 4) is 0 Å².